The summed E-state index contributed by atoms with van der Waals surface area (Å²) in [5, 5.41) is 15.0. The third kappa shape index (κ3) is 9.12. The Morgan fingerprint density at radius 2 is 1.83 bits per heavy atom. The summed E-state index contributed by atoms with van der Waals surface area (Å²) in [5.74, 6) is 2.56. The number of aliphatic imine (C=N–C) groups is 1. The molecule has 0 saturated heterocycles. The second kappa shape index (κ2) is 14.3. The van der Waals surface area contributed by atoms with Crippen molar-refractivity contribution in [3.63, 3.8) is 0 Å². The van der Waals surface area contributed by atoms with Crippen molar-refractivity contribution in [2.45, 2.75) is 52.7 Å². The largest absolute Gasteiger partial charge is 0.374 e. The molecule has 0 saturated carbocycles. The van der Waals surface area contributed by atoms with E-state index in [4.69, 9.17) is 4.74 Å². The van der Waals surface area contributed by atoms with Crippen LogP contribution in [0.25, 0.3) is 0 Å². The van der Waals surface area contributed by atoms with E-state index in [2.05, 4.69) is 51.8 Å². The average Bonchev–Trinajstić information content (AvgIpc) is 3.04. The molecule has 1 heterocycles. The number of halogens is 1. The van der Waals surface area contributed by atoms with Crippen LogP contribution in [-0.2, 0) is 18.3 Å². The number of nitrogens with zero attached hydrogens (tertiary/aromatic N) is 4. The van der Waals surface area contributed by atoms with Gasteiger partial charge in [0, 0.05) is 26.7 Å². The highest BCUT2D eigenvalue weighted by molar-refractivity contribution is 14.0. The second-order valence-corrected chi connectivity index (χ2v) is 6.87. The first kappa shape index (κ1) is 25.4. The van der Waals surface area contributed by atoms with Crippen molar-refractivity contribution < 1.29 is 4.74 Å². The highest BCUT2D eigenvalue weighted by atomic mass is 127. The highest BCUT2D eigenvalue weighted by Gasteiger charge is 2.06. The number of aromatic nitrogens is 3. The van der Waals surface area contributed by atoms with Crippen LogP contribution in [0.15, 0.2) is 35.3 Å². The molecule has 162 valence electrons. The maximum absolute atomic E-state index is 5.93. The van der Waals surface area contributed by atoms with E-state index in [1.54, 1.807) is 0 Å². The van der Waals surface area contributed by atoms with E-state index in [0.717, 1.165) is 50.0 Å². The van der Waals surface area contributed by atoms with Crippen molar-refractivity contribution >= 4 is 29.9 Å². The van der Waals surface area contributed by atoms with Crippen LogP contribution < -0.4 is 10.6 Å². The zero-order valence-corrected chi connectivity index (χ0v) is 20.3. The molecule has 0 spiro atoms. The van der Waals surface area contributed by atoms with Gasteiger partial charge in [-0.1, -0.05) is 43.7 Å². The van der Waals surface area contributed by atoms with E-state index >= 15 is 0 Å². The molecule has 0 radical (unpaired) electrons. The third-order valence-electron chi connectivity index (χ3n) is 4.63. The standard InChI is InChI=1S/C21H34N6O.HI/c1-5-6-13-22-21(24-16-20-26-25-18(3)27(20)4)23-14-10-15-28-17(2)19-11-8-7-9-12-19;/h7-9,11-12,17H,5-6,10,13-16H2,1-4H3,(H2,22,23,24);1H. The molecule has 0 aliphatic carbocycles. The van der Waals surface area contributed by atoms with Crippen molar-refractivity contribution in [3.05, 3.63) is 47.5 Å². The summed E-state index contributed by atoms with van der Waals surface area (Å²) >= 11 is 0. The molecule has 8 heteroatoms. The molecule has 1 unspecified atom stereocenters. The zero-order valence-electron chi connectivity index (χ0n) is 18.0. The summed E-state index contributed by atoms with van der Waals surface area (Å²) in [6.07, 6.45) is 3.28. The third-order valence-corrected chi connectivity index (χ3v) is 4.63. The predicted molar refractivity (Wildman–Crippen MR) is 129 cm³/mol. The Hall–Kier alpha value is -1.68. The smallest absolute Gasteiger partial charge is 0.191 e. The van der Waals surface area contributed by atoms with Crippen molar-refractivity contribution in [1.29, 1.82) is 0 Å². The summed E-state index contributed by atoms with van der Waals surface area (Å²) in [4.78, 5) is 4.65. The maximum Gasteiger partial charge on any atom is 0.191 e. The van der Waals surface area contributed by atoms with Crippen LogP contribution in [0, 0.1) is 6.92 Å². The topological polar surface area (TPSA) is 76.4 Å². The van der Waals surface area contributed by atoms with Crippen LogP contribution in [0.4, 0.5) is 0 Å². The number of nitrogens with one attached hydrogen (secondary N) is 2. The molecular weight excluding hydrogens is 479 g/mol. The lowest BCUT2D eigenvalue weighted by Crippen LogP contribution is -2.38. The normalized spacial score (nSPS) is 12.3. The van der Waals surface area contributed by atoms with Gasteiger partial charge in [-0.05, 0) is 32.3 Å². The second-order valence-electron chi connectivity index (χ2n) is 6.87. The van der Waals surface area contributed by atoms with E-state index in [1.165, 1.54) is 5.56 Å². The molecular formula is C21H35IN6O. The summed E-state index contributed by atoms with van der Waals surface area (Å²) in [7, 11) is 1.96. The van der Waals surface area contributed by atoms with E-state index in [0.29, 0.717) is 13.2 Å². The number of hydrogen-bond donors (Lipinski definition) is 2. The molecule has 2 aromatic rings. The Labute approximate surface area is 191 Å². The number of unbranched alkanes of at least 4 members (excludes halogenated alkanes) is 1. The molecule has 29 heavy (non-hydrogen) atoms. The van der Waals surface area contributed by atoms with Gasteiger partial charge in [0.25, 0.3) is 0 Å². The Balaban J connectivity index is 0.00000420. The molecule has 0 aliphatic rings. The van der Waals surface area contributed by atoms with Gasteiger partial charge in [-0.25, -0.2) is 4.99 Å². The summed E-state index contributed by atoms with van der Waals surface area (Å²) < 4.78 is 7.90. The number of aryl methyl sites for hydroxylation is 1. The number of hydrogen-bond acceptors (Lipinski definition) is 4. The minimum absolute atomic E-state index is 0. The first-order valence-electron chi connectivity index (χ1n) is 10.2. The Bertz CT molecular complexity index is 719. The van der Waals surface area contributed by atoms with E-state index < -0.39 is 0 Å². The van der Waals surface area contributed by atoms with Crippen LogP contribution in [0.3, 0.4) is 0 Å². The van der Waals surface area contributed by atoms with Crippen LogP contribution >= 0.6 is 24.0 Å². The molecule has 0 aliphatic heterocycles. The van der Waals surface area contributed by atoms with Gasteiger partial charge in [0.2, 0.25) is 0 Å². The highest BCUT2D eigenvalue weighted by Crippen LogP contribution is 2.15. The van der Waals surface area contributed by atoms with Crippen LogP contribution in [0.5, 0.6) is 0 Å². The molecule has 2 rings (SSSR count). The molecule has 2 N–H and O–H groups in total. The monoisotopic (exact) mass is 514 g/mol. The Morgan fingerprint density at radius 1 is 1.14 bits per heavy atom. The lowest BCUT2D eigenvalue weighted by Gasteiger charge is -2.15. The fourth-order valence-electron chi connectivity index (χ4n) is 2.66. The fraction of sp³-hybridized carbons (Fsp3) is 0.571. The summed E-state index contributed by atoms with van der Waals surface area (Å²) in [6.45, 7) is 9.12. The van der Waals surface area contributed by atoms with Crippen LogP contribution in [-0.4, -0.2) is 40.4 Å². The van der Waals surface area contributed by atoms with Gasteiger partial charge in [0.15, 0.2) is 11.8 Å². The van der Waals surface area contributed by atoms with E-state index in [-0.39, 0.29) is 30.1 Å². The molecule has 0 fully saturated rings. The average molecular weight is 514 g/mol. The number of benzene rings is 1. The quantitative estimate of drug-likeness (QED) is 0.207. The summed E-state index contributed by atoms with van der Waals surface area (Å²) in [5.41, 5.74) is 1.21. The van der Waals surface area contributed by atoms with Crippen molar-refractivity contribution in [2.75, 3.05) is 19.7 Å². The zero-order chi connectivity index (χ0) is 20.2. The van der Waals surface area contributed by atoms with Gasteiger partial charge in [-0.2, -0.15) is 0 Å². The minimum atomic E-state index is 0. The number of guanidine groups is 1. The van der Waals surface area contributed by atoms with Gasteiger partial charge >= 0.3 is 0 Å². The number of rotatable bonds is 11. The first-order valence-corrected chi connectivity index (χ1v) is 10.2. The van der Waals surface area contributed by atoms with Gasteiger partial charge in [0.05, 0.1) is 6.10 Å². The predicted octanol–water partition coefficient (Wildman–Crippen LogP) is 3.74. The van der Waals surface area contributed by atoms with Gasteiger partial charge in [0.1, 0.15) is 12.4 Å². The lowest BCUT2D eigenvalue weighted by atomic mass is 10.1. The van der Waals surface area contributed by atoms with Gasteiger partial charge in [-0.15, -0.1) is 34.2 Å². The lowest BCUT2D eigenvalue weighted by molar-refractivity contribution is 0.0646. The molecule has 1 atom stereocenters. The minimum Gasteiger partial charge on any atom is -0.374 e. The van der Waals surface area contributed by atoms with E-state index in [1.807, 2.05) is 36.7 Å². The number of ether oxygens (including phenoxy) is 1. The van der Waals surface area contributed by atoms with Gasteiger partial charge < -0.3 is 19.9 Å². The van der Waals surface area contributed by atoms with Gasteiger partial charge in [-0.3, -0.25) is 0 Å². The Morgan fingerprint density at radius 3 is 2.45 bits per heavy atom. The van der Waals surface area contributed by atoms with E-state index in [9.17, 15) is 0 Å². The molecule has 0 amide bonds. The molecule has 1 aromatic heterocycles. The maximum atomic E-state index is 5.93. The molecule has 1 aromatic carbocycles. The molecule has 7 nitrogen and oxygen atoms in total. The SMILES string of the molecule is CCCCNC(=NCc1nnc(C)n1C)NCCCOC(C)c1ccccc1.I. The fourth-order valence-corrected chi connectivity index (χ4v) is 2.66. The first-order chi connectivity index (χ1) is 13.6. The van der Waals surface area contributed by atoms with Crippen molar-refractivity contribution in [2.24, 2.45) is 12.0 Å². The van der Waals surface area contributed by atoms with Crippen molar-refractivity contribution in [1.82, 2.24) is 25.4 Å². The van der Waals surface area contributed by atoms with Crippen molar-refractivity contribution in [3.8, 4) is 0 Å². The summed E-state index contributed by atoms with van der Waals surface area (Å²) in [6, 6.07) is 10.3. The van der Waals surface area contributed by atoms with Crippen LogP contribution in [0.2, 0.25) is 0 Å². The molecule has 0 bridgehead atoms. The Kier molecular flexibility index (Phi) is 12.5. The van der Waals surface area contributed by atoms with Crippen LogP contribution in [0.1, 0.15) is 56.4 Å².